The number of nitrogens with zero attached hydrogens (tertiary/aromatic N) is 1. The van der Waals surface area contributed by atoms with E-state index in [4.69, 9.17) is 13.6 Å². The molecule has 2 aliphatic rings. The molecule has 0 atom stereocenters. The molecule has 4 heteroatoms. The van der Waals surface area contributed by atoms with Crippen molar-refractivity contribution in [1.82, 2.24) is 0 Å². The summed E-state index contributed by atoms with van der Waals surface area (Å²) in [4.78, 5) is 2.39. The van der Waals surface area contributed by atoms with Crippen LogP contribution in [0.15, 0.2) is 154 Å². The Morgan fingerprint density at radius 1 is 0.478 bits per heavy atom. The molecule has 0 spiro atoms. The van der Waals surface area contributed by atoms with Gasteiger partial charge in [0.1, 0.15) is 22.3 Å². The third-order valence-corrected chi connectivity index (χ3v) is 9.32. The first kappa shape index (κ1) is 25.3. The molecule has 4 nitrogen and oxygen atoms in total. The van der Waals surface area contributed by atoms with Crippen molar-refractivity contribution in [3.63, 3.8) is 0 Å². The largest absolute Gasteiger partial charge is 0.456 e. The minimum atomic E-state index is 0.848. The predicted molar refractivity (Wildman–Crippen MR) is 187 cm³/mol. The number of benzene rings is 6. The van der Waals surface area contributed by atoms with Crippen LogP contribution in [-0.2, 0) is 0 Å². The number of allylic oxidation sites excluding steroid dienone is 4. The number of rotatable bonds is 3. The average Bonchev–Trinajstić information content (AvgIpc) is 3.68. The van der Waals surface area contributed by atoms with Crippen LogP contribution >= 0.6 is 0 Å². The SMILES string of the molecule is C1=CCCC(N2c3cc(-c4ccc5oc6ccccc6c5c4)ccc3Oc3ccc(-c4ccc5oc6ccccc6c5c4)cc32)=C1. The van der Waals surface area contributed by atoms with Gasteiger partial charge in [-0.05, 0) is 102 Å². The van der Waals surface area contributed by atoms with Gasteiger partial charge in [-0.2, -0.15) is 0 Å². The van der Waals surface area contributed by atoms with Gasteiger partial charge in [0.05, 0.1) is 11.4 Å². The third kappa shape index (κ3) is 3.87. The van der Waals surface area contributed by atoms with Crippen LogP contribution in [0.3, 0.4) is 0 Å². The zero-order valence-electron chi connectivity index (χ0n) is 24.9. The monoisotopic (exact) mass is 593 g/mol. The molecule has 0 bridgehead atoms. The van der Waals surface area contributed by atoms with Crippen molar-refractivity contribution in [2.45, 2.75) is 12.8 Å². The van der Waals surface area contributed by atoms with Crippen molar-refractivity contribution in [3.8, 4) is 33.8 Å². The first-order valence-corrected chi connectivity index (χ1v) is 15.7. The Morgan fingerprint density at radius 3 is 1.52 bits per heavy atom. The van der Waals surface area contributed by atoms with Crippen molar-refractivity contribution in [1.29, 1.82) is 0 Å². The van der Waals surface area contributed by atoms with E-state index in [9.17, 15) is 0 Å². The molecular formula is C42H27NO3. The summed E-state index contributed by atoms with van der Waals surface area (Å²) in [5, 5.41) is 4.50. The third-order valence-electron chi connectivity index (χ3n) is 9.32. The van der Waals surface area contributed by atoms with Gasteiger partial charge >= 0.3 is 0 Å². The van der Waals surface area contributed by atoms with Crippen LogP contribution in [0.4, 0.5) is 11.4 Å². The van der Waals surface area contributed by atoms with E-state index in [1.807, 2.05) is 24.3 Å². The number of furan rings is 2. The Bertz CT molecular complexity index is 2420. The molecular weight excluding hydrogens is 566 g/mol. The predicted octanol–water partition coefficient (Wildman–Crippen LogP) is 12.3. The minimum Gasteiger partial charge on any atom is -0.456 e. The summed E-state index contributed by atoms with van der Waals surface area (Å²) < 4.78 is 18.8. The van der Waals surface area contributed by atoms with Gasteiger partial charge in [0.25, 0.3) is 0 Å². The molecule has 8 aromatic rings. The molecule has 1 aliphatic heterocycles. The van der Waals surface area contributed by atoms with Crippen LogP contribution in [0, 0.1) is 0 Å². The maximum atomic E-state index is 6.59. The van der Waals surface area contributed by atoms with Crippen LogP contribution < -0.4 is 9.64 Å². The summed E-state index contributed by atoms with van der Waals surface area (Å²) in [6.45, 7) is 0. The lowest BCUT2D eigenvalue weighted by Crippen LogP contribution is -2.21. The van der Waals surface area contributed by atoms with Crippen molar-refractivity contribution in [2.75, 3.05) is 4.90 Å². The molecule has 46 heavy (non-hydrogen) atoms. The zero-order chi connectivity index (χ0) is 30.2. The highest BCUT2D eigenvalue weighted by Crippen LogP contribution is 2.52. The normalized spacial score (nSPS) is 14.1. The van der Waals surface area contributed by atoms with Crippen LogP contribution in [0.2, 0.25) is 0 Å². The molecule has 0 N–H and O–H groups in total. The first-order chi connectivity index (χ1) is 22.8. The van der Waals surface area contributed by atoms with E-state index >= 15 is 0 Å². The van der Waals surface area contributed by atoms with E-state index in [1.54, 1.807) is 0 Å². The Balaban J connectivity index is 1.11. The van der Waals surface area contributed by atoms with E-state index in [1.165, 1.54) is 5.70 Å². The first-order valence-electron chi connectivity index (χ1n) is 15.7. The highest BCUT2D eigenvalue weighted by atomic mass is 16.5. The molecule has 6 aromatic carbocycles. The molecule has 0 amide bonds. The summed E-state index contributed by atoms with van der Waals surface area (Å²) in [6.07, 6.45) is 8.57. The van der Waals surface area contributed by atoms with E-state index < -0.39 is 0 Å². The van der Waals surface area contributed by atoms with Crippen LogP contribution in [0.5, 0.6) is 11.5 Å². The van der Waals surface area contributed by atoms with Gasteiger partial charge in [0.15, 0.2) is 11.5 Å². The average molecular weight is 594 g/mol. The van der Waals surface area contributed by atoms with Crippen molar-refractivity contribution in [2.24, 2.45) is 0 Å². The van der Waals surface area contributed by atoms with Gasteiger partial charge in [-0.15, -0.1) is 0 Å². The molecule has 10 rings (SSSR count). The zero-order valence-corrected chi connectivity index (χ0v) is 24.9. The Morgan fingerprint density at radius 2 is 0.978 bits per heavy atom. The Kier molecular flexibility index (Phi) is 5.37. The lowest BCUT2D eigenvalue weighted by Gasteiger charge is -2.35. The molecule has 3 heterocycles. The second kappa shape index (κ2) is 9.75. The van der Waals surface area contributed by atoms with Gasteiger partial charge in [-0.1, -0.05) is 72.8 Å². The van der Waals surface area contributed by atoms with Gasteiger partial charge in [-0.25, -0.2) is 0 Å². The summed E-state index contributed by atoms with van der Waals surface area (Å²) >= 11 is 0. The van der Waals surface area contributed by atoms with E-state index in [0.717, 1.165) is 102 Å². The van der Waals surface area contributed by atoms with Gasteiger partial charge in [-0.3, -0.25) is 0 Å². The summed E-state index contributed by atoms with van der Waals surface area (Å²) in [6, 6.07) is 42.4. The van der Waals surface area contributed by atoms with E-state index in [0.29, 0.717) is 0 Å². The van der Waals surface area contributed by atoms with Crippen molar-refractivity contribution >= 4 is 55.3 Å². The topological polar surface area (TPSA) is 38.8 Å². The highest BCUT2D eigenvalue weighted by Gasteiger charge is 2.28. The fourth-order valence-corrected chi connectivity index (χ4v) is 7.06. The second-order valence-electron chi connectivity index (χ2n) is 12.0. The fraction of sp³-hybridized carbons (Fsp3) is 0.0476. The van der Waals surface area contributed by atoms with Gasteiger partial charge in [0, 0.05) is 27.2 Å². The van der Waals surface area contributed by atoms with Crippen LogP contribution in [0.25, 0.3) is 66.1 Å². The Labute approximate surface area is 265 Å². The number of anilines is 2. The molecule has 0 saturated carbocycles. The number of hydrogen-bond acceptors (Lipinski definition) is 4. The van der Waals surface area contributed by atoms with Crippen molar-refractivity contribution < 1.29 is 13.6 Å². The number of hydrogen-bond donors (Lipinski definition) is 0. The number of ether oxygens (including phenoxy) is 1. The standard InChI is InChI=1S/C42H27NO3/c1-2-8-30(9-3-1)43-35-24-28(26-14-18-39-33(22-26)31-10-4-6-12-37(31)44-39)16-20-41(35)46-42-21-17-29(25-36(42)43)27-15-19-40-34(23-27)32-11-5-7-13-38(32)45-40/h1-2,4-8,10-25H,3,9H2. The molecule has 1 aliphatic carbocycles. The van der Waals surface area contributed by atoms with Gasteiger partial charge < -0.3 is 18.5 Å². The molecule has 0 radical (unpaired) electrons. The maximum absolute atomic E-state index is 6.59. The molecule has 218 valence electrons. The van der Waals surface area contributed by atoms with E-state index in [2.05, 4.69) is 120 Å². The molecule has 0 unspecified atom stereocenters. The van der Waals surface area contributed by atoms with Crippen LogP contribution in [0.1, 0.15) is 12.8 Å². The smallest absolute Gasteiger partial charge is 0.151 e. The molecule has 0 saturated heterocycles. The molecule has 2 aromatic heterocycles. The quantitative estimate of drug-likeness (QED) is 0.204. The second-order valence-corrected chi connectivity index (χ2v) is 12.0. The lowest BCUT2D eigenvalue weighted by atomic mass is 9.98. The fourth-order valence-electron chi connectivity index (χ4n) is 7.06. The summed E-state index contributed by atoms with van der Waals surface area (Å²) in [7, 11) is 0. The maximum Gasteiger partial charge on any atom is 0.151 e. The van der Waals surface area contributed by atoms with E-state index in [-0.39, 0.29) is 0 Å². The summed E-state index contributed by atoms with van der Waals surface area (Å²) in [5.41, 5.74) is 11.5. The number of fused-ring (bicyclic) bond motifs is 8. The van der Waals surface area contributed by atoms with Crippen LogP contribution in [-0.4, -0.2) is 0 Å². The Hall–Kier alpha value is -6.00. The minimum absolute atomic E-state index is 0.848. The summed E-state index contributed by atoms with van der Waals surface area (Å²) in [5.74, 6) is 1.70. The number of para-hydroxylation sites is 2. The van der Waals surface area contributed by atoms with Crippen molar-refractivity contribution in [3.05, 3.63) is 145 Å². The lowest BCUT2D eigenvalue weighted by molar-refractivity contribution is 0.475. The molecule has 0 fully saturated rings. The van der Waals surface area contributed by atoms with Gasteiger partial charge in [0.2, 0.25) is 0 Å². The highest BCUT2D eigenvalue weighted by molar-refractivity contribution is 6.07.